The quantitative estimate of drug-likeness (QED) is 0.816. The van der Waals surface area contributed by atoms with Gasteiger partial charge in [-0.15, -0.1) is 0 Å². The topological polar surface area (TPSA) is 17.8 Å². The van der Waals surface area contributed by atoms with Crippen molar-refractivity contribution in [1.29, 1.82) is 0 Å². The van der Waals surface area contributed by atoms with Crippen molar-refractivity contribution in [1.82, 2.24) is 9.78 Å². The van der Waals surface area contributed by atoms with E-state index in [-0.39, 0.29) is 0 Å². The van der Waals surface area contributed by atoms with Gasteiger partial charge in [0.25, 0.3) is 0 Å². The first-order valence-electron chi connectivity index (χ1n) is 5.96. The summed E-state index contributed by atoms with van der Waals surface area (Å²) < 4.78 is 3.20. The molecule has 0 spiro atoms. The summed E-state index contributed by atoms with van der Waals surface area (Å²) in [6.07, 6.45) is 2.59. The van der Waals surface area contributed by atoms with Crippen molar-refractivity contribution in [3.05, 3.63) is 40.0 Å². The molecule has 0 radical (unpaired) electrons. The van der Waals surface area contributed by atoms with Gasteiger partial charge in [-0.3, -0.25) is 4.68 Å². The van der Waals surface area contributed by atoms with Gasteiger partial charge in [0.15, 0.2) is 0 Å². The third-order valence-electron chi connectivity index (χ3n) is 3.29. The van der Waals surface area contributed by atoms with Crippen LogP contribution in [0.5, 0.6) is 0 Å². The van der Waals surface area contributed by atoms with Gasteiger partial charge in [-0.25, -0.2) is 0 Å². The highest BCUT2D eigenvalue weighted by atomic mass is 79.9. The summed E-state index contributed by atoms with van der Waals surface area (Å²) in [7, 11) is 2.04. The van der Waals surface area contributed by atoms with Gasteiger partial charge in [-0.1, -0.05) is 23.8 Å². The summed E-state index contributed by atoms with van der Waals surface area (Å²) in [5.41, 5.74) is 4.88. The summed E-state index contributed by atoms with van der Waals surface area (Å²) in [4.78, 5) is 0. The minimum Gasteiger partial charge on any atom is -0.271 e. The number of aromatic nitrogens is 2. The number of halogens is 1. The Balaban J connectivity index is 2.12. The fourth-order valence-electron chi connectivity index (χ4n) is 2.29. The van der Waals surface area contributed by atoms with Crippen LogP contribution in [0.4, 0.5) is 0 Å². The molecule has 1 aliphatic rings. The fraction of sp³-hybridized carbons (Fsp3) is 0.357. The highest BCUT2D eigenvalue weighted by molar-refractivity contribution is 9.10. The average Bonchev–Trinajstić information content (AvgIpc) is 3.06. The van der Waals surface area contributed by atoms with Crippen molar-refractivity contribution in [2.75, 3.05) is 0 Å². The van der Waals surface area contributed by atoms with Gasteiger partial charge in [0.05, 0.1) is 10.2 Å². The van der Waals surface area contributed by atoms with Crippen LogP contribution in [-0.2, 0) is 7.05 Å². The minimum absolute atomic E-state index is 0.709. The Morgan fingerprint density at radius 2 is 2.12 bits per heavy atom. The molecule has 0 saturated heterocycles. The van der Waals surface area contributed by atoms with Crippen molar-refractivity contribution in [2.24, 2.45) is 7.05 Å². The molecule has 0 N–H and O–H groups in total. The molecule has 0 atom stereocenters. The van der Waals surface area contributed by atoms with Gasteiger partial charge in [0.1, 0.15) is 5.69 Å². The summed E-state index contributed by atoms with van der Waals surface area (Å²) >= 11 is 3.72. The van der Waals surface area contributed by atoms with Crippen LogP contribution in [-0.4, -0.2) is 9.78 Å². The first-order valence-corrected chi connectivity index (χ1v) is 6.75. The molecule has 0 bridgehead atoms. The highest BCUT2D eigenvalue weighted by Crippen LogP contribution is 2.45. The van der Waals surface area contributed by atoms with E-state index in [1.165, 1.54) is 34.1 Å². The molecule has 17 heavy (non-hydrogen) atoms. The SMILES string of the molecule is Cc1cccc(-c2nn(C)c(C3CC3)c2Br)c1. The maximum Gasteiger partial charge on any atom is 0.107 e. The predicted octanol–water partition coefficient (Wildman–Crippen LogP) is 4.04. The van der Waals surface area contributed by atoms with Gasteiger partial charge >= 0.3 is 0 Å². The zero-order valence-corrected chi connectivity index (χ0v) is 11.7. The molecule has 3 heteroatoms. The second kappa shape index (κ2) is 3.98. The Labute approximate surface area is 110 Å². The van der Waals surface area contributed by atoms with Crippen LogP contribution in [0.15, 0.2) is 28.7 Å². The lowest BCUT2D eigenvalue weighted by molar-refractivity contribution is 0.714. The van der Waals surface area contributed by atoms with Crippen molar-refractivity contribution < 1.29 is 0 Å². The number of benzene rings is 1. The number of hydrogen-bond donors (Lipinski definition) is 0. The maximum absolute atomic E-state index is 4.65. The second-order valence-corrected chi connectivity index (χ2v) is 5.61. The molecule has 1 saturated carbocycles. The van der Waals surface area contributed by atoms with Crippen LogP contribution < -0.4 is 0 Å². The molecule has 88 valence electrons. The van der Waals surface area contributed by atoms with Crippen LogP contribution in [0.2, 0.25) is 0 Å². The Morgan fingerprint density at radius 3 is 2.76 bits per heavy atom. The van der Waals surface area contributed by atoms with Crippen LogP contribution in [0.1, 0.15) is 30.0 Å². The molecule has 0 unspecified atom stereocenters. The molecule has 1 aromatic heterocycles. The molecule has 1 heterocycles. The Morgan fingerprint density at radius 1 is 1.35 bits per heavy atom. The van der Waals surface area contributed by atoms with Crippen molar-refractivity contribution >= 4 is 15.9 Å². The number of hydrogen-bond acceptors (Lipinski definition) is 1. The van der Waals surface area contributed by atoms with E-state index in [0.29, 0.717) is 5.92 Å². The highest BCUT2D eigenvalue weighted by Gasteiger charge is 2.30. The first kappa shape index (κ1) is 11.0. The fourth-order valence-corrected chi connectivity index (χ4v) is 3.18. The van der Waals surface area contributed by atoms with Crippen LogP contribution >= 0.6 is 15.9 Å². The smallest absolute Gasteiger partial charge is 0.107 e. The maximum atomic E-state index is 4.65. The van der Waals surface area contributed by atoms with E-state index < -0.39 is 0 Å². The molecule has 0 aliphatic heterocycles. The normalized spacial score (nSPS) is 15.2. The zero-order chi connectivity index (χ0) is 12.0. The standard InChI is InChI=1S/C14H15BrN2/c1-9-4-3-5-11(8-9)13-12(15)14(10-6-7-10)17(2)16-13/h3-5,8,10H,6-7H2,1-2H3. The van der Waals surface area contributed by atoms with Crippen LogP contribution in [0.25, 0.3) is 11.3 Å². The Kier molecular flexibility index (Phi) is 2.58. The van der Waals surface area contributed by atoms with Gasteiger partial charge in [0.2, 0.25) is 0 Å². The lowest BCUT2D eigenvalue weighted by Gasteiger charge is -2.00. The molecule has 2 aromatic rings. The van der Waals surface area contributed by atoms with Gasteiger partial charge in [0, 0.05) is 18.5 Å². The molecule has 1 fully saturated rings. The number of nitrogens with zero attached hydrogens (tertiary/aromatic N) is 2. The van der Waals surface area contributed by atoms with E-state index in [4.69, 9.17) is 0 Å². The largest absolute Gasteiger partial charge is 0.271 e. The minimum atomic E-state index is 0.709. The summed E-state index contributed by atoms with van der Waals surface area (Å²) in [6, 6.07) is 8.51. The van der Waals surface area contributed by atoms with Crippen molar-refractivity contribution in [2.45, 2.75) is 25.7 Å². The zero-order valence-electron chi connectivity index (χ0n) is 10.1. The van der Waals surface area contributed by atoms with E-state index in [9.17, 15) is 0 Å². The number of aryl methyl sites for hydroxylation is 2. The average molecular weight is 291 g/mol. The van der Waals surface area contributed by atoms with E-state index in [0.717, 1.165) is 5.69 Å². The third kappa shape index (κ3) is 1.93. The molecular formula is C14H15BrN2. The van der Waals surface area contributed by atoms with Crippen LogP contribution in [0.3, 0.4) is 0 Å². The van der Waals surface area contributed by atoms with E-state index in [2.05, 4.69) is 52.2 Å². The summed E-state index contributed by atoms with van der Waals surface area (Å²) in [5.74, 6) is 0.709. The van der Waals surface area contributed by atoms with Crippen LogP contribution in [0, 0.1) is 6.92 Å². The van der Waals surface area contributed by atoms with Gasteiger partial charge < -0.3 is 0 Å². The monoisotopic (exact) mass is 290 g/mol. The molecular weight excluding hydrogens is 276 g/mol. The molecule has 1 aliphatic carbocycles. The second-order valence-electron chi connectivity index (χ2n) is 4.82. The number of rotatable bonds is 2. The molecule has 0 amide bonds. The van der Waals surface area contributed by atoms with E-state index in [1.807, 2.05) is 11.7 Å². The molecule has 1 aromatic carbocycles. The molecule has 3 rings (SSSR count). The third-order valence-corrected chi connectivity index (χ3v) is 4.07. The van der Waals surface area contributed by atoms with E-state index >= 15 is 0 Å². The lowest BCUT2D eigenvalue weighted by Crippen LogP contribution is -1.96. The lowest BCUT2D eigenvalue weighted by atomic mass is 10.1. The van der Waals surface area contributed by atoms with Crippen molar-refractivity contribution in [3.8, 4) is 11.3 Å². The summed E-state index contributed by atoms with van der Waals surface area (Å²) in [6.45, 7) is 2.11. The summed E-state index contributed by atoms with van der Waals surface area (Å²) in [5, 5.41) is 4.65. The predicted molar refractivity (Wildman–Crippen MR) is 73.1 cm³/mol. The Bertz CT molecular complexity index is 568. The van der Waals surface area contributed by atoms with Gasteiger partial charge in [-0.05, 0) is 41.8 Å². The van der Waals surface area contributed by atoms with Gasteiger partial charge in [-0.2, -0.15) is 5.10 Å². The molecule has 2 nitrogen and oxygen atoms in total. The first-order chi connectivity index (χ1) is 8.16. The van der Waals surface area contributed by atoms with Crippen molar-refractivity contribution in [3.63, 3.8) is 0 Å². The van der Waals surface area contributed by atoms with E-state index in [1.54, 1.807) is 0 Å². The Hall–Kier alpha value is -1.09.